The summed E-state index contributed by atoms with van der Waals surface area (Å²) >= 11 is 0. The summed E-state index contributed by atoms with van der Waals surface area (Å²) in [4.78, 5) is 15.1. The highest BCUT2D eigenvalue weighted by molar-refractivity contribution is 5.92. The largest absolute Gasteiger partial charge is 0.497 e. The fourth-order valence-electron chi connectivity index (χ4n) is 3.64. The van der Waals surface area contributed by atoms with E-state index in [-0.39, 0.29) is 11.9 Å². The summed E-state index contributed by atoms with van der Waals surface area (Å²) in [6.07, 6.45) is 6.65. The summed E-state index contributed by atoms with van der Waals surface area (Å²) < 4.78 is 12.9. The van der Waals surface area contributed by atoms with Gasteiger partial charge in [0.2, 0.25) is 0 Å². The van der Waals surface area contributed by atoms with Crippen molar-refractivity contribution in [1.29, 1.82) is 0 Å². The summed E-state index contributed by atoms with van der Waals surface area (Å²) in [6, 6.07) is 13.5. The number of piperidine rings is 1. The predicted molar refractivity (Wildman–Crippen MR) is 101 cm³/mol. The third-order valence-corrected chi connectivity index (χ3v) is 4.99. The maximum absolute atomic E-state index is 13.1. The topological polar surface area (TPSA) is 60.5 Å². The Kier molecular flexibility index (Phi) is 4.96. The monoisotopic (exact) mass is 365 g/mol. The molecule has 3 aromatic rings. The van der Waals surface area contributed by atoms with Gasteiger partial charge in [-0.3, -0.25) is 9.48 Å². The molecule has 0 N–H and O–H groups in total. The van der Waals surface area contributed by atoms with E-state index in [1.54, 1.807) is 24.1 Å². The van der Waals surface area contributed by atoms with Crippen LogP contribution in [-0.4, -0.2) is 34.2 Å². The molecule has 0 radical (unpaired) electrons. The summed E-state index contributed by atoms with van der Waals surface area (Å²) in [5, 5.41) is 4.17. The maximum atomic E-state index is 13.1. The van der Waals surface area contributed by atoms with Crippen molar-refractivity contribution in [2.75, 3.05) is 13.7 Å². The van der Waals surface area contributed by atoms with E-state index in [1.165, 1.54) is 0 Å². The first-order valence-electron chi connectivity index (χ1n) is 9.25. The van der Waals surface area contributed by atoms with Gasteiger partial charge < -0.3 is 14.1 Å². The van der Waals surface area contributed by atoms with E-state index in [0.29, 0.717) is 12.3 Å². The number of rotatable bonds is 5. The lowest BCUT2D eigenvalue weighted by molar-refractivity contribution is 0.0576. The molecular formula is C21H23N3O3. The minimum atomic E-state index is -0.0609. The third kappa shape index (κ3) is 3.74. The van der Waals surface area contributed by atoms with Crippen LogP contribution in [0.4, 0.5) is 0 Å². The highest BCUT2D eigenvalue weighted by Crippen LogP contribution is 2.33. The van der Waals surface area contributed by atoms with Crippen molar-refractivity contribution in [3.8, 4) is 5.75 Å². The molecule has 1 unspecified atom stereocenters. The van der Waals surface area contributed by atoms with Gasteiger partial charge in [-0.15, -0.1) is 0 Å². The number of carbonyl (C=O) groups excluding carboxylic acids is 1. The Morgan fingerprint density at radius 3 is 3.00 bits per heavy atom. The number of amides is 1. The number of furan rings is 1. The van der Waals surface area contributed by atoms with Gasteiger partial charge >= 0.3 is 0 Å². The van der Waals surface area contributed by atoms with Crippen LogP contribution in [0.3, 0.4) is 0 Å². The third-order valence-electron chi connectivity index (χ3n) is 4.99. The van der Waals surface area contributed by atoms with Crippen LogP contribution in [0.15, 0.2) is 59.3 Å². The number of hydrogen-bond acceptors (Lipinski definition) is 4. The molecule has 6 heteroatoms. The van der Waals surface area contributed by atoms with Crippen LogP contribution in [-0.2, 0) is 6.54 Å². The molecule has 1 amide bonds. The molecule has 1 saturated heterocycles. The Morgan fingerprint density at radius 2 is 2.19 bits per heavy atom. The van der Waals surface area contributed by atoms with Crippen LogP contribution in [0.5, 0.6) is 5.75 Å². The van der Waals surface area contributed by atoms with Crippen LogP contribution in [0, 0.1) is 0 Å². The van der Waals surface area contributed by atoms with Gasteiger partial charge in [-0.25, -0.2) is 0 Å². The van der Waals surface area contributed by atoms with E-state index in [2.05, 4.69) is 11.2 Å². The van der Waals surface area contributed by atoms with Crippen molar-refractivity contribution in [3.05, 3.63) is 71.9 Å². The van der Waals surface area contributed by atoms with Crippen molar-refractivity contribution >= 4 is 5.91 Å². The molecule has 1 fully saturated rings. The molecule has 6 nitrogen and oxygen atoms in total. The number of ether oxygens (including phenoxy) is 1. The van der Waals surface area contributed by atoms with E-state index >= 15 is 0 Å². The number of carbonyl (C=O) groups is 1. The van der Waals surface area contributed by atoms with Crippen LogP contribution >= 0.6 is 0 Å². The number of methoxy groups -OCH3 is 1. The lowest BCUT2D eigenvalue weighted by Gasteiger charge is -2.35. The predicted octanol–water partition coefficient (Wildman–Crippen LogP) is 3.90. The number of aromatic nitrogens is 2. The van der Waals surface area contributed by atoms with Crippen LogP contribution in [0.1, 0.15) is 47.2 Å². The summed E-state index contributed by atoms with van der Waals surface area (Å²) in [5.41, 5.74) is 1.10. The number of nitrogens with zero attached hydrogens (tertiary/aromatic N) is 3. The Hall–Kier alpha value is -3.02. The smallest absolute Gasteiger partial charge is 0.290 e. The second kappa shape index (κ2) is 7.70. The van der Waals surface area contributed by atoms with Crippen molar-refractivity contribution < 1.29 is 13.9 Å². The van der Waals surface area contributed by atoms with Gasteiger partial charge in [-0.2, -0.15) is 5.10 Å². The molecule has 1 aromatic carbocycles. The molecule has 1 aliphatic rings. The maximum Gasteiger partial charge on any atom is 0.290 e. The van der Waals surface area contributed by atoms with Crippen molar-refractivity contribution in [2.24, 2.45) is 0 Å². The van der Waals surface area contributed by atoms with Gasteiger partial charge in [-0.1, -0.05) is 12.1 Å². The molecule has 1 atom stereocenters. The van der Waals surface area contributed by atoms with Gasteiger partial charge in [0.05, 0.1) is 19.7 Å². The summed E-state index contributed by atoms with van der Waals surface area (Å²) in [5.74, 6) is 1.85. The Balaban J connectivity index is 1.54. The van der Waals surface area contributed by atoms with E-state index in [1.807, 2.05) is 41.4 Å². The quantitative estimate of drug-likeness (QED) is 0.688. The number of likely N-dealkylation sites (tertiary alicyclic amines) is 1. The van der Waals surface area contributed by atoms with E-state index in [4.69, 9.17) is 9.15 Å². The average molecular weight is 365 g/mol. The normalized spacial score (nSPS) is 17.1. The first-order chi connectivity index (χ1) is 13.2. The van der Waals surface area contributed by atoms with Gasteiger partial charge in [0.25, 0.3) is 5.91 Å². The first-order valence-corrected chi connectivity index (χ1v) is 9.25. The van der Waals surface area contributed by atoms with Crippen LogP contribution in [0.25, 0.3) is 0 Å². The standard InChI is InChI=1S/C21H23N3O3/c1-26-17-7-4-6-16(14-17)19-8-2-3-13-24(19)21(25)20-10-9-18(27-20)15-23-12-5-11-22-23/h4-7,9-12,14,19H,2-3,8,13,15H2,1H3. The zero-order valence-electron chi connectivity index (χ0n) is 15.4. The molecule has 3 heterocycles. The molecule has 0 aliphatic carbocycles. The zero-order valence-corrected chi connectivity index (χ0v) is 15.4. The van der Waals surface area contributed by atoms with Gasteiger partial charge in [-0.05, 0) is 55.2 Å². The first kappa shape index (κ1) is 17.4. The molecule has 0 spiro atoms. The summed E-state index contributed by atoms with van der Waals surface area (Å²) in [6.45, 7) is 1.25. The van der Waals surface area contributed by atoms with Crippen LogP contribution in [0.2, 0.25) is 0 Å². The second-order valence-electron chi connectivity index (χ2n) is 6.76. The fourth-order valence-corrected chi connectivity index (χ4v) is 3.64. The fraction of sp³-hybridized carbons (Fsp3) is 0.333. The van der Waals surface area contributed by atoms with Crippen molar-refractivity contribution in [3.63, 3.8) is 0 Å². The van der Waals surface area contributed by atoms with Crippen molar-refractivity contribution in [1.82, 2.24) is 14.7 Å². The SMILES string of the molecule is COc1cccc(C2CCCCN2C(=O)c2ccc(Cn3cccn3)o2)c1. The van der Waals surface area contributed by atoms with Crippen LogP contribution < -0.4 is 4.74 Å². The van der Waals surface area contributed by atoms with E-state index < -0.39 is 0 Å². The highest BCUT2D eigenvalue weighted by Gasteiger charge is 2.30. The van der Waals surface area contributed by atoms with Gasteiger partial charge in [0.15, 0.2) is 5.76 Å². The lowest BCUT2D eigenvalue weighted by atomic mass is 9.95. The lowest BCUT2D eigenvalue weighted by Crippen LogP contribution is -2.38. The molecule has 140 valence electrons. The van der Waals surface area contributed by atoms with Crippen molar-refractivity contribution in [2.45, 2.75) is 31.8 Å². The minimum Gasteiger partial charge on any atom is -0.497 e. The second-order valence-corrected chi connectivity index (χ2v) is 6.76. The van der Waals surface area contributed by atoms with E-state index in [9.17, 15) is 4.79 Å². The molecule has 4 rings (SSSR count). The number of hydrogen-bond donors (Lipinski definition) is 0. The summed E-state index contributed by atoms with van der Waals surface area (Å²) in [7, 11) is 1.66. The Bertz CT molecular complexity index is 901. The zero-order chi connectivity index (χ0) is 18.6. The molecule has 0 bridgehead atoms. The Labute approximate surface area is 158 Å². The van der Waals surface area contributed by atoms with E-state index in [0.717, 1.165) is 42.9 Å². The highest BCUT2D eigenvalue weighted by atomic mass is 16.5. The minimum absolute atomic E-state index is 0.0426. The average Bonchev–Trinajstić information content (AvgIpc) is 3.40. The molecule has 0 saturated carbocycles. The molecule has 1 aliphatic heterocycles. The van der Waals surface area contributed by atoms with Gasteiger partial charge in [0.1, 0.15) is 11.5 Å². The molecule has 27 heavy (non-hydrogen) atoms. The number of benzene rings is 1. The molecule has 2 aromatic heterocycles. The molecular weight excluding hydrogens is 342 g/mol. The Morgan fingerprint density at radius 1 is 1.26 bits per heavy atom. The van der Waals surface area contributed by atoms with Gasteiger partial charge in [0, 0.05) is 18.9 Å².